The van der Waals surface area contributed by atoms with Gasteiger partial charge in [0.25, 0.3) is 5.91 Å². The van der Waals surface area contributed by atoms with E-state index in [4.69, 9.17) is 9.47 Å². The molecule has 0 aromatic heterocycles. The standard InChI is InChI=1S/C18H23N3O6/c1-12-3-5-14(6-4-12)21-10-13(9-16(21)23)17(24)27-11-15(22)20-18(25)19-7-8-26-2/h3-6,13H,7-11H2,1-2H3,(H2,19,20,22,25). The van der Waals surface area contributed by atoms with Gasteiger partial charge < -0.3 is 19.7 Å². The molecule has 146 valence electrons. The van der Waals surface area contributed by atoms with E-state index in [9.17, 15) is 19.2 Å². The lowest BCUT2D eigenvalue weighted by Crippen LogP contribution is -2.42. The van der Waals surface area contributed by atoms with E-state index >= 15 is 0 Å². The molecule has 1 aliphatic heterocycles. The van der Waals surface area contributed by atoms with Crippen LogP contribution in [-0.4, -0.2) is 57.2 Å². The number of imide groups is 1. The van der Waals surface area contributed by atoms with Gasteiger partial charge in [-0.05, 0) is 19.1 Å². The molecule has 2 N–H and O–H groups in total. The van der Waals surface area contributed by atoms with Crippen LogP contribution in [0.1, 0.15) is 12.0 Å². The van der Waals surface area contributed by atoms with Crippen molar-refractivity contribution in [2.75, 3.05) is 38.3 Å². The summed E-state index contributed by atoms with van der Waals surface area (Å²) in [6.07, 6.45) is 0.0197. The maximum absolute atomic E-state index is 12.2. The number of hydrogen-bond donors (Lipinski definition) is 2. The van der Waals surface area contributed by atoms with E-state index in [1.807, 2.05) is 36.5 Å². The number of aryl methyl sites for hydroxylation is 1. The second-order valence-corrected chi connectivity index (χ2v) is 6.15. The largest absolute Gasteiger partial charge is 0.455 e. The van der Waals surface area contributed by atoms with Crippen molar-refractivity contribution in [2.45, 2.75) is 13.3 Å². The Morgan fingerprint density at radius 2 is 1.93 bits per heavy atom. The number of hydrogen-bond acceptors (Lipinski definition) is 6. The van der Waals surface area contributed by atoms with Gasteiger partial charge in [-0.25, -0.2) is 4.79 Å². The van der Waals surface area contributed by atoms with Crippen molar-refractivity contribution in [3.8, 4) is 0 Å². The summed E-state index contributed by atoms with van der Waals surface area (Å²) in [6.45, 7) is 2.10. The highest BCUT2D eigenvalue weighted by molar-refractivity contribution is 6.00. The lowest BCUT2D eigenvalue weighted by atomic mass is 10.1. The Bertz CT molecular complexity index is 704. The molecule has 0 spiro atoms. The first-order valence-corrected chi connectivity index (χ1v) is 8.51. The summed E-state index contributed by atoms with van der Waals surface area (Å²) in [5.41, 5.74) is 1.78. The Morgan fingerprint density at radius 1 is 1.22 bits per heavy atom. The maximum Gasteiger partial charge on any atom is 0.321 e. The number of urea groups is 1. The molecule has 0 aliphatic carbocycles. The SMILES string of the molecule is COCCNC(=O)NC(=O)COC(=O)C1CC(=O)N(c2ccc(C)cc2)C1. The van der Waals surface area contributed by atoms with Gasteiger partial charge in [-0.15, -0.1) is 0 Å². The average molecular weight is 377 g/mol. The molecule has 1 aromatic carbocycles. The molecule has 1 heterocycles. The fourth-order valence-electron chi connectivity index (χ4n) is 2.57. The molecule has 0 saturated carbocycles. The van der Waals surface area contributed by atoms with Gasteiger partial charge in [-0.3, -0.25) is 19.7 Å². The molecule has 1 saturated heterocycles. The van der Waals surface area contributed by atoms with Crippen molar-refractivity contribution >= 4 is 29.5 Å². The number of nitrogens with zero attached hydrogens (tertiary/aromatic N) is 1. The highest BCUT2D eigenvalue weighted by Crippen LogP contribution is 2.26. The van der Waals surface area contributed by atoms with Gasteiger partial charge in [0.1, 0.15) is 0 Å². The van der Waals surface area contributed by atoms with Gasteiger partial charge in [-0.2, -0.15) is 0 Å². The minimum absolute atomic E-state index is 0.0197. The van der Waals surface area contributed by atoms with Gasteiger partial charge in [0.05, 0.1) is 12.5 Å². The first-order valence-electron chi connectivity index (χ1n) is 8.51. The first kappa shape index (κ1) is 20.4. The van der Waals surface area contributed by atoms with Gasteiger partial charge in [-0.1, -0.05) is 17.7 Å². The maximum atomic E-state index is 12.2. The van der Waals surface area contributed by atoms with Crippen molar-refractivity contribution in [2.24, 2.45) is 5.92 Å². The van der Waals surface area contributed by atoms with Crippen LogP contribution in [-0.2, 0) is 23.9 Å². The number of methoxy groups -OCH3 is 1. The van der Waals surface area contributed by atoms with E-state index in [-0.39, 0.29) is 25.4 Å². The van der Waals surface area contributed by atoms with Gasteiger partial charge in [0.2, 0.25) is 5.91 Å². The zero-order valence-corrected chi connectivity index (χ0v) is 15.3. The molecule has 9 nitrogen and oxygen atoms in total. The Morgan fingerprint density at radius 3 is 2.59 bits per heavy atom. The van der Waals surface area contributed by atoms with Crippen LogP contribution in [0.3, 0.4) is 0 Å². The van der Waals surface area contributed by atoms with E-state index in [1.165, 1.54) is 12.0 Å². The normalized spacial score (nSPS) is 16.1. The van der Waals surface area contributed by atoms with Crippen LogP contribution >= 0.6 is 0 Å². The summed E-state index contributed by atoms with van der Waals surface area (Å²) in [7, 11) is 1.48. The monoisotopic (exact) mass is 377 g/mol. The van der Waals surface area contributed by atoms with E-state index in [0.717, 1.165) is 5.56 Å². The topological polar surface area (TPSA) is 114 Å². The number of carbonyl (C=O) groups excluding carboxylic acids is 4. The molecular weight excluding hydrogens is 354 g/mol. The number of nitrogens with one attached hydrogen (secondary N) is 2. The summed E-state index contributed by atoms with van der Waals surface area (Å²) >= 11 is 0. The summed E-state index contributed by atoms with van der Waals surface area (Å²) in [5.74, 6) is -2.23. The van der Waals surface area contributed by atoms with Crippen LogP contribution in [0.25, 0.3) is 0 Å². The van der Waals surface area contributed by atoms with Crippen molar-refractivity contribution in [1.82, 2.24) is 10.6 Å². The van der Waals surface area contributed by atoms with Gasteiger partial charge in [0, 0.05) is 32.3 Å². The highest BCUT2D eigenvalue weighted by atomic mass is 16.5. The first-order chi connectivity index (χ1) is 12.9. The molecule has 1 aliphatic rings. The fourth-order valence-corrected chi connectivity index (χ4v) is 2.57. The number of amides is 4. The molecule has 1 unspecified atom stereocenters. The molecule has 0 bridgehead atoms. The summed E-state index contributed by atoms with van der Waals surface area (Å²) < 4.78 is 9.69. The summed E-state index contributed by atoms with van der Waals surface area (Å²) in [4.78, 5) is 48.8. The van der Waals surface area contributed by atoms with Crippen LogP contribution in [0.15, 0.2) is 24.3 Å². The zero-order valence-electron chi connectivity index (χ0n) is 15.3. The van der Waals surface area contributed by atoms with Crippen molar-refractivity contribution in [3.05, 3.63) is 29.8 Å². The minimum atomic E-state index is -0.752. The molecule has 27 heavy (non-hydrogen) atoms. The lowest BCUT2D eigenvalue weighted by molar-refractivity contribution is -0.152. The van der Waals surface area contributed by atoms with Gasteiger partial charge >= 0.3 is 12.0 Å². The number of esters is 1. The smallest absolute Gasteiger partial charge is 0.321 e. The third-order valence-corrected chi connectivity index (χ3v) is 3.99. The molecule has 0 radical (unpaired) electrons. The third kappa shape index (κ3) is 6.07. The molecular formula is C18H23N3O6. The fraction of sp³-hybridized carbons (Fsp3) is 0.444. The second kappa shape index (κ2) is 9.67. The Balaban J connectivity index is 1.77. The Labute approximate surface area is 157 Å². The lowest BCUT2D eigenvalue weighted by Gasteiger charge is -2.16. The molecule has 9 heteroatoms. The van der Waals surface area contributed by atoms with Crippen molar-refractivity contribution < 1.29 is 28.7 Å². The summed E-state index contributed by atoms with van der Waals surface area (Å²) in [6, 6.07) is 6.70. The van der Waals surface area contributed by atoms with Crippen molar-refractivity contribution in [3.63, 3.8) is 0 Å². The molecule has 1 aromatic rings. The number of rotatable bonds is 7. The van der Waals surface area contributed by atoms with Gasteiger partial charge in [0.15, 0.2) is 6.61 Å². The predicted octanol–water partition coefficient (Wildman–Crippen LogP) is 0.363. The van der Waals surface area contributed by atoms with Crippen LogP contribution in [0, 0.1) is 12.8 Å². The highest BCUT2D eigenvalue weighted by Gasteiger charge is 2.36. The van der Waals surface area contributed by atoms with Crippen LogP contribution in [0.5, 0.6) is 0 Å². The quantitative estimate of drug-likeness (QED) is 0.524. The van der Waals surface area contributed by atoms with Crippen LogP contribution in [0.4, 0.5) is 10.5 Å². The molecule has 2 rings (SSSR count). The summed E-state index contributed by atoms with van der Waals surface area (Å²) in [5, 5.41) is 4.44. The second-order valence-electron chi connectivity index (χ2n) is 6.15. The van der Waals surface area contributed by atoms with E-state index < -0.39 is 30.4 Å². The van der Waals surface area contributed by atoms with Crippen LogP contribution in [0.2, 0.25) is 0 Å². The van der Waals surface area contributed by atoms with E-state index in [1.54, 1.807) is 0 Å². The number of ether oxygens (including phenoxy) is 2. The number of benzene rings is 1. The number of carbonyl (C=O) groups is 4. The molecule has 1 fully saturated rings. The van der Waals surface area contributed by atoms with E-state index in [2.05, 4.69) is 5.32 Å². The molecule has 1 atom stereocenters. The Kier molecular flexibility index (Phi) is 7.30. The zero-order chi connectivity index (χ0) is 19.8. The predicted molar refractivity (Wildman–Crippen MR) is 96.0 cm³/mol. The molecule has 4 amide bonds. The average Bonchev–Trinajstić information content (AvgIpc) is 3.02. The van der Waals surface area contributed by atoms with Crippen molar-refractivity contribution in [1.29, 1.82) is 0 Å². The Hall–Kier alpha value is -2.94. The minimum Gasteiger partial charge on any atom is -0.455 e. The van der Waals surface area contributed by atoms with Crippen LogP contribution < -0.4 is 15.5 Å². The van der Waals surface area contributed by atoms with E-state index in [0.29, 0.717) is 12.3 Å². The number of anilines is 1. The third-order valence-electron chi connectivity index (χ3n) is 3.99.